The SMILES string of the molecule is O=C(O)c1ccc(CNC(=O)C2CCNC2)cn1. The summed E-state index contributed by atoms with van der Waals surface area (Å²) in [6, 6.07) is 3.09. The minimum Gasteiger partial charge on any atom is -0.477 e. The zero-order chi connectivity index (χ0) is 13.0. The van der Waals surface area contributed by atoms with Crippen LogP contribution in [0.1, 0.15) is 22.5 Å². The molecule has 1 amide bonds. The largest absolute Gasteiger partial charge is 0.477 e. The number of carbonyl (C=O) groups is 2. The monoisotopic (exact) mass is 249 g/mol. The molecule has 0 bridgehead atoms. The highest BCUT2D eigenvalue weighted by molar-refractivity contribution is 5.85. The first kappa shape index (κ1) is 12.5. The fourth-order valence-electron chi connectivity index (χ4n) is 1.87. The Hall–Kier alpha value is -1.95. The van der Waals surface area contributed by atoms with Gasteiger partial charge in [0.2, 0.25) is 5.91 Å². The van der Waals surface area contributed by atoms with Gasteiger partial charge < -0.3 is 15.7 Å². The van der Waals surface area contributed by atoms with Crippen LogP contribution in [0, 0.1) is 5.92 Å². The second kappa shape index (κ2) is 5.59. The van der Waals surface area contributed by atoms with Gasteiger partial charge in [0, 0.05) is 19.3 Å². The van der Waals surface area contributed by atoms with E-state index in [0.717, 1.165) is 25.1 Å². The number of aromatic nitrogens is 1. The molecule has 1 fully saturated rings. The molecule has 1 aromatic heterocycles. The Labute approximate surface area is 104 Å². The van der Waals surface area contributed by atoms with E-state index in [1.165, 1.54) is 12.3 Å². The molecular formula is C12H15N3O3. The molecule has 1 atom stereocenters. The molecule has 0 spiro atoms. The number of amides is 1. The van der Waals surface area contributed by atoms with E-state index in [1.54, 1.807) is 6.07 Å². The maximum atomic E-state index is 11.7. The average Bonchev–Trinajstić information content (AvgIpc) is 2.90. The molecule has 18 heavy (non-hydrogen) atoms. The molecule has 0 saturated carbocycles. The van der Waals surface area contributed by atoms with E-state index in [1.807, 2.05) is 0 Å². The van der Waals surface area contributed by atoms with Crippen molar-refractivity contribution in [2.24, 2.45) is 5.92 Å². The van der Waals surface area contributed by atoms with Gasteiger partial charge in [0.15, 0.2) is 0 Å². The number of nitrogens with zero attached hydrogens (tertiary/aromatic N) is 1. The van der Waals surface area contributed by atoms with Gasteiger partial charge in [-0.3, -0.25) is 4.79 Å². The lowest BCUT2D eigenvalue weighted by molar-refractivity contribution is -0.124. The lowest BCUT2D eigenvalue weighted by atomic mass is 10.1. The third-order valence-corrected chi connectivity index (χ3v) is 2.94. The van der Waals surface area contributed by atoms with Gasteiger partial charge in [-0.2, -0.15) is 0 Å². The van der Waals surface area contributed by atoms with E-state index in [2.05, 4.69) is 15.6 Å². The summed E-state index contributed by atoms with van der Waals surface area (Å²) in [4.78, 5) is 26.1. The molecule has 1 aliphatic heterocycles. The van der Waals surface area contributed by atoms with Crippen LogP contribution in [0.3, 0.4) is 0 Å². The molecular weight excluding hydrogens is 234 g/mol. The average molecular weight is 249 g/mol. The van der Waals surface area contributed by atoms with Crippen molar-refractivity contribution in [1.29, 1.82) is 0 Å². The Morgan fingerprint density at radius 1 is 1.50 bits per heavy atom. The molecule has 0 aliphatic carbocycles. The molecule has 6 nitrogen and oxygen atoms in total. The van der Waals surface area contributed by atoms with Crippen molar-refractivity contribution in [1.82, 2.24) is 15.6 Å². The fraction of sp³-hybridized carbons (Fsp3) is 0.417. The smallest absolute Gasteiger partial charge is 0.354 e. The molecule has 6 heteroatoms. The van der Waals surface area contributed by atoms with Crippen molar-refractivity contribution in [3.8, 4) is 0 Å². The molecule has 0 aromatic carbocycles. The van der Waals surface area contributed by atoms with Crippen molar-refractivity contribution in [2.45, 2.75) is 13.0 Å². The Bertz CT molecular complexity index is 438. The number of hydrogen-bond acceptors (Lipinski definition) is 4. The molecule has 1 aromatic rings. The topological polar surface area (TPSA) is 91.3 Å². The second-order valence-electron chi connectivity index (χ2n) is 4.26. The van der Waals surface area contributed by atoms with Crippen LogP contribution in [0.4, 0.5) is 0 Å². The number of hydrogen-bond donors (Lipinski definition) is 3. The molecule has 1 unspecified atom stereocenters. The summed E-state index contributed by atoms with van der Waals surface area (Å²) in [5.41, 5.74) is 0.796. The minimum absolute atomic E-state index is 0.00469. The maximum Gasteiger partial charge on any atom is 0.354 e. The predicted octanol–water partition coefficient (Wildman–Crippen LogP) is 0.00550. The zero-order valence-corrected chi connectivity index (χ0v) is 9.85. The van der Waals surface area contributed by atoms with Gasteiger partial charge in [0.05, 0.1) is 5.92 Å². The van der Waals surface area contributed by atoms with Crippen LogP contribution in [0.15, 0.2) is 18.3 Å². The summed E-state index contributed by atoms with van der Waals surface area (Å²) in [7, 11) is 0. The second-order valence-corrected chi connectivity index (χ2v) is 4.26. The van der Waals surface area contributed by atoms with Crippen molar-refractivity contribution >= 4 is 11.9 Å². The van der Waals surface area contributed by atoms with Gasteiger partial charge in [0.1, 0.15) is 5.69 Å². The molecule has 1 saturated heterocycles. The van der Waals surface area contributed by atoms with Crippen LogP contribution < -0.4 is 10.6 Å². The van der Waals surface area contributed by atoms with Crippen molar-refractivity contribution in [2.75, 3.05) is 13.1 Å². The summed E-state index contributed by atoms with van der Waals surface area (Å²) in [6.45, 7) is 1.98. The number of carboxylic acids is 1. The van der Waals surface area contributed by atoms with Crippen LogP contribution in [-0.4, -0.2) is 35.1 Å². The lowest BCUT2D eigenvalue weighted by Crippen LogP contribution is -2.31. The third kappa shape index (κ3) is 3.04. The summed E-state index contributed by atoms with van der Waals surface area (Å²) in [5, 5.41) is 14.7. The number of aromatic carboxylic acids is 1. The number of nitrogens with one attached hydrogen (secondary N) is 2. The highest BCUT2D eigenvalue weighted by Crippen LogP contribution is 2.07. The number of carbonyl (C=O) groups excluding carboxylic acids is 1. The zero-order valence-electron chi connectivity index (χ0n) is 9.85. The number of rotatable bonds is 4. The summed E-state index contributed by atoms with van der Waals surface area (Å²) in [5.74, 6) is -0.985. The van der Waals surface area contributed by atoms with Crippen molar-refractivity contribution in [3.63, 3.8) is 0 Å². The van der Waals surface area contributed by atoms with Crippen molar-refractivity contribution < 1.29 is 14.7 Å². The van der Waals surface area contributed by atoms with Gasteiger partial charge in [0.25, 0.3) is 0 Å². The van der Waals surface area contributed by atoms with E-state index in [-0.39, 0.29) is 17.5 Å². The quantitative estimate of drug-likeness (QED) is 0.699. The molecule has 0 radical (unpaired) electrons. The first-order valence-corrected chi connectivity index (χ1v) is 5.83. The van der Waals surface area contributed by atoms with E-state index >= 15 is 0 Å². The summed E-state index contributed by atoms with van der Waals surface area (Å²) < 4.78 is 0. The molecule has 1 aliphatic rings. The van der Waals surface area contributed by atoms with Crippen LogP contribution in [0.2, 0.25) is 0 Å². The van der Waals surface area contributed by atoms with Crippen LogP contribution >= 0.6 is 0 Å². The van der Waals surface area contributed by atoms with E-state index < -0.39 is 5.97 Å². The number of carboxylic acid groups (broad SMARTS) is 1. The lowest BCUT2D eigenvalue weighted by Gasteiger charge is -2.09. The van der Waals surface area contributed by atoms with Crippen LogP contribution in [-0.2, 0) is 11.3 Å². The normalized spacial score (nSPS) is 18.6. The van der Waals surface area contributed by atoms with Gasteiger partial charge in [-0.05, 0) is 24.6 Å². The first-order valence-electron chi connectivity index (χ1n) is 5.83. The van der Waals surface area contributed by atoms with Gasteiger partial charge >= 0.3 is 5.97 Å². The first-order chi connectivity index (χ1) is 8.66. The Balaban J connectivity index is 1.86. The summed E-state index contributed by atoms with van der Waals surface area (Å²) >= 11 is 0. The van der Waals surface area contributed by atoms with E-state index in [4.69, 9.17) is 5.11 Å². The van der Waals surface area contributed by atoms with Gasteiger partial charge in [-0.25, -0.2) is 9.78 Å². The Morgan fingerprint density at radius 3 is 2.89 bits per heavy atom. The highest BCUT2D eigenvalue weighted by atomic mass is 16.4. The minimum atomic E-state index is -1.05. The van der Waals surface area contributed by atoms with Crippen LogP contribution in [0.25, 0.3) is 0 Å². The van der Waals surface area contributed by atoms with Gasteiger partial charge in [-0.1, -0.05) is 6.07 Å². The maximum absolute atomic E-state index is 11.7. The van der Waals surface area contributed by atoms with E-state index in [9.17, 15) is 9.59 Å². The highest BCUT2D eigenvalue weighted by Gasteiger charge is 2.21. The Morgan fingerprint density at radius 2 is 2.33 bits per heavy atom. The fourth-order valence-corrected chi connectivity index (χ4v) is 1.87. The predicted molar refractivity (Wildman–Crippen MR) is 64.0 cm³/mol. The molecule has 3 N–H and O–H groups in total. The van der Waals surface area contributed by atoms with Crippen molar-refractivity contribution in [3.05, 3.63) is 29.6 Å². The van der Waals surface area contributed by atoms with Crippen LogP contribution in [0.5, 0.6) is 0 Å². The summed E-state index contributed by atoms with van der Waals surface area (Å²) in [6.07, 6.45) is 2.33. The van der Waals surface area contributed by atoms with Gasteiger partial charge in [-0.15, -0.1) is 0 Å². The standard InChI is InChI=1S/C12H15N3O3/c16-11(9-3-4-13-7-9)15-6-8-1-2-10(12(17)18)14-5-8/h1-2,5,9,13H,3-4,6-7H2,(H,15,16)(H,17,18). The molecule has 2 heterocycles. The molecule has 2 rings (SSSR count). The van der Waals surface area contributed by atoms with E-state index in [0.29, 0.717) is 6.54 Å². The molecule has 96 valence electrons. The number of pyridine rings is 1. The third-order valence-electron chi connectivity index (χ3n) is 2.94. The Kier molecular flexibility index (Phi) is 3.88.